The van der Waals surface area contributed by atoms with Crippen molar-refractivity contribution in [1.82, 2.24) is 5.32 Å². The van der Waals surface area contributed by atoms with Crippen LogP contribution in [-0.2, 0) is 0 Å². The van der Waals surface area contributed by atoms with Crippen molar-refractivity contribution in [2.75, 3.05) is 6.54 Å². The predicted molar refractivity (Wildman–Crippen MR) is 79.3 cm³/mol. The molecule has 1 fully saturated rings. The van der Waals surface area contributed by atoms with E-state index in [0.717, 1.165) is 11.8 Å². The molecule has 0 aromatic heterocycles. The van der Waals surface area contributed by atoms with Crippen LogP contribution in [0.1, 0.15) is 54.9 Å². The van der Waals surface area contributed by atoms with Gasteiger partial charge in [0.1, 0.15) is 0 Å². The van der Waals surface area contributed by atoms with Gasteiger partial charge in [0.2, 0.25) is 0 Å². The highest BCUT2D eigenvalue weighted by atomic mass is 14.9. The summed E-state index contributed by atoms with van der Waals surface area (Å²) < 4.78 is 0. The molecule has 1 nitrogen and oxygen atoms in total. The number of hydrogen-bond donors (Lipinski definition) is 1. The molecule has 2 unspecified atom stereocenters. The van der Waals surface area contributed by atoms with Crippen molar-refractivity contribution in [3.63, 3.8) is 0 Å². The summed E-state index contributed by atoms with van der Waals surface area (Å²) in [6.45, 7) is 12.4. The summed E-state index contributed by atoms with van der Waals surface area (Å²) in [5.74, 6) is 1.63. The molecule has 0 heterocycles. The van der Waals surface area contributed by atoms with Crippen LogP contribution in [0.15, 0.2) is 12.1 Å². The van der Waals surface area contributed by atoms with E-state index in [4.69, 9.17) is 0 Å². The highest BCUT2D eigenvalue weighted by Crippen LogP contribution is 2.43. The van der Waals surface area contributed by atoms with E-state index in [2.05, 4.69) is 52.1 Å². The van der Waals surface area contributed by atoms with Crippen molar-refractivity contribution in [3.05, 3.63) is 34.4 Å². The van der Waals surface area contributed by atoms with Crippen LogP contribution in [0, 0.1) is 26.7 Å². The minimum Gasteiger partial charge on any atom is -0.314 e. The molecule has 1 aliphatic carbocycles. The molecule has 0 aliphatic heterocycles. The smallest absolute Gasteiger partial charge is 0.00104 e. The van der Waals surface area contributed by atoms with Gasteiger partial charge in [-0.05, 0) is 74.2 Å². The van der Waals surface area contributed by atoms with E-state index in [1.54, 1.807) is 5.56 Å². The van der Waals surface area contributed by atoms with E-state index in [-0.39, 0.29) is 0 Å². The van der Waals surface area contributed by atoms with Gasteiger partial charge in [-0.2, -0.15) is 0 Å². The van der Waals surface area contributed by atoms with Gasteiger partial charge in [0, 0.05) is 6.04 Å². The van der Waals surface area contributed by atoms with Crippen LogP contribution in [-0.4, -0.2) is 12.6 Å². The van der Waals surface area contributed by atoms with Crippen molar-refractivity contribution in [3.8, 4) is 0 Å². The zero-order valence-electron chi connectivity index (χ0n) is 12.5. The second kappa shape index (κ2) is 5.44. The molecular weight excluding hydrogens is 218 g/mol. The van der Waals surface area contributed by atoms with Gasteiger partial charge >= 0.3 is 0 Å². The zero-order valence-corrected chi connectivity index (χ0v) is 12.5. The van der Waals surface area contributed by atoms with Gasteiger partial charge in [0.15, 0.2) is 0 Å². The molecule has 2 atom stereocenters. The molecule has 1 aromatic rings. The van der Waals surface area contributed by atoms with E-state index in [1.165, 1.54) is 36.1 Å². The second-order valence-corrected chi connectivity index (χ2v) is 6.30. The summed E-state index contributed by atoms with van der Waals surface area (Å²) in [5, 5.41) is 3.59. The van der Waals surface area contributed by atoms with Crippen LogP contribution in [0.5, 0.6) is 0 Å². The summed E-state index contributed by atoms with van der Waals surface area (Å²) in [5.41, 5.74) is 5.95. The van der Waals surface area contributed by atoms with Gasteiger partial charge in [-0.3, -0.25) is 0 Å². The van der Waals surface area contributed by atoms with Gasteiger partial charge < -0.3 is 5.32 Å². The maximum atomic E-state index is 3.59. The fraction of sp³-hybridized carbons (Fsp3) is 0.647. The first-order valence-corrected chi connectivity index (χ1v) is 7.30. The summed E-state index contributed by atoms with van der Waals surface area (Å²) in [4.78, 5) is 0. The Morgan fingerprint density at radius 2 is 1.72 bits per heavy atom. The molecular formula is C17H27N. The zero-order chi connectivity index (χ0) is 13.3. The molecule has 0 bridgehead atoms. The average Bonchev–Trinajstić information content (AvgIpc) is 2.24. The first-order valence-electron chi connectivity index (χ1n) is 7.30. The normalized spacial score (nSPS) is 23.2. The Morgan fingerprint density at radius 3 is 2.28 bits per heavy atom. The third kappa shape index (κ3) is 2.77. The number of aryl methyl sites for hydroxylation is 3. The summed E-state index contributed by atoms with van der Waals surface area (Å²) in [6, 6.07) is 5.39. The first kappa shape index (κ1) is 13.6. The average molecular weight is 245 g/mol. The van der Waals surface area contributed by atoms with Crippen LogP contribution < -0.4 is 5.32 Å². The van der Waals surface area contributed by atoms with E-state index in [9.17, 15) is 0 Å². The van der Waals surface area contributed by atoms with Crippen LogP contribution in [0.3, 0.4) is 0 Å². The SMILES string of the molecule is Cc1cc(C)c(C2CCC2CNC(C)C)cc1C. The lowest BCUT2D eigenvalue weighted by Crippen LogP contribution is -2.37. The molecule has 1 aliphatic rings. The largest absolute Gasteiger partial charge is 0.314 e. The minimum atomic E-state index is 0.604. The monoisotopic (exact) mass is 245 g/mol. The Balaban J connectivity index is 2.10. The second-order valence-electron chi connectivity index (χ2n) is 6.30. The van der Waals surface area contributed by atoms with Crippen LogP contribution in [0.4, 0.5) is 0 Å². The van der Waals surface area contributed by atoms with Gasteiger partial charge in [0.05, 0.1) is 0 Å². The first-order chi connectivity index (χ1) is 8.49. The highest BCUT2D eigenvalue weighted by molar-refractivity contribution is 5.39. The van der Waals surface area contributed by atoms with E-state index >= 15 is 0 Å². The quantitative estimate of drug-likeness (QED) is 0.842. The summed E-state index contributed by atoms with van der Waals surface area (Å²) in [6.07, 6.45) is 2.75. The molecule has 100 valence electrons. The Labute approximate surface area is 112 Å². The van der Waals surface area contributed by atoms with Gasteiger partial charge in [0.25, 0.3) is 0 Å². The molecule has 0 spiro atoms. The van der Waals surface area contributed by atoms with Crippen LogP contribution in [0.2, 0.25) is 0 Å². The lowest BCUT2D eigenvalue weighted by atomic mass is 9.68. The Morgan fingerprint density at radius 1 is 1.06 bits per heavy atom. The molecule has 0 saturated heterocycles. The molecule has 2 rings (SSSR count). The van der Waals surface area contributed by atoms with Gasteiger partial charge in [-0.1, -0.05) is 26.0 Å². The standard InChI is InChI=1S/C17H27N/c1-11(2)18-10-15-6-7-16(15)17-9-13(4)12(3)8-14(17)5/h8-9,11,15-16,18H,6-7,10H2,1-5H3. The Kier molecular flexibility index (Phi) is 4.11. The van der Waals surface area contributed by atoms with E-state index in [1.807, 2.05) is 0 Å². The molecule has 1 saturated carbocycles. The highest BCUT2D eigenvalue weighted by Gasteiger charge is 2.32. The molecule has 1 N–H and O–H groups in total. The topological polar surface area (TPSA) is 12.0 Å². The van der Waals surface area contributed by atoms with Crippen molar-refractivity contribution in [1.29, 1.82) is 0 Å². The molecule has 1 aromatic carbocycles. The van der Waals surface area contributed by atoms with E-state index in [0.29, 0.717) is 6.04 Å². The number of nitrogens with one attached hydrogen (secondary N) is 1. The number of benzene rings is 1. The maximum absolute atomic E-state index is 3.59. The summed E-state index contributed by atoms with van der Waals surface area (Å²) >= 11 is 0. The molecule has 0 amide bonds. The molecule has 1 heteroatoms. The molecule has 18 heavy (non-hydrogen) atoms. The lowest BCUT2D eigenvalue weighted by molar-refractivity contribution is 0.240. The lowest BCUT2D eigenvalue weighted by Gasteiger charge is -2.39. The van der Waals surface area contributed by atoms with Crippen LogP contribution in [0.25, 0.3) is 0 Å². The van der Waals surface area contributed by atoms with Crippen molar-refractivity contribution in [2.24, 2.45) is 5.92 Å². The Bertz CT molecular complexity index is 420. The van der Waals surface area contributed by atoms with Crippen molar-refractivity contribution in [2.45, 2.75) is 59.4 Å². The van der Waals surface area contributed by atoms with Crippen molar-refractivity contribution >= 4 is 0 Å². The van der Waals surface area contributed by atoms with Gasteiger partial charge in [-0.15, -0.1) is 0 Å². The number of rotatable bonds is 4. The Hall–Kier alpha value is -0.820. The van der Waals surface area contributed by atoms with E-state index < -0.39 is 0 Å². The maximum Gasteiger partial charge on any atom is 0.00104 e. The van der Waals surface area contributed by atoms with Crippen molar-refractivity contribution < 1.29 is 0 Å². The fourth-order valence-corrected chi connectivity index (χ4v) is 2.99. The fourth-order valence-electron chi connectivity index (χ4n) is 2.99. The number of hydrogen-bond acceptors (Lipinski definition) is 1. The summed E-state index contributed by atoms with van der Waals surface area (Å²) in [7, 11) is 0. The molecule has 0 radical (unpaired) electrons. The minimum absolute atomic E-state index is 0.604. The van der Waals surface area contributed by atoms with Crippen LogP contribution >= 0.6 is 0 Å². The third-order valence-electron chi connectivity index (χ3n) is 4.49. The third-order valence-corrected chi connectivity index (χ3v) is 4.49. The predicted octanol–water partition coefficient (Wildman–Crippen LogP) is 4.10. The van der Waals surface area contributed by atoms with Gasteiger partial charge in [-0.25, -0.2) is 0 Å².